The average molecular weight is 397 g/mol. The van der Waals surface area contributed by atoms with Gasteiger partial charge < -0.3 is 14.9 Å². The van der Waals surface area contributed by atoms with Crippen LogP contribution in [-0.2, 0) is 23.3 Å². The molecule has 0 fully saturated rings. The first kappa shape index (κ1) is 31.8. The molecule has 0 atom stereocenters. The predicted molar refractivity (Wildman–Crippen MR) is 92.9 cm³/mol. The molecular weight excluding hydrogens is 370 g/mol. The van der Waals surface area contributed by atoms with Crippen molar-refractivity contribution in [1.29, 1.82) is 0 Å². The zero-order chi connectivity index (χ0) is 11.7. The van der Waals surface area contributed by atoms with Gasteiger partial charge in [-0.1, -0.05) is 20.8 Å². The van der Waals surface area contributed by atoms with Gasteiger partial charge in [0.25, 0.3) is 0 Å². The molecule has 2 rings (SSSR count). The Hall–Kier alpha value is 0.640. The molecule has 0 N–H and O–H groups in total. The summed E-state index contributed by atoms with van der Waals surface area (Å²) in [5.74, 6) is 0. The standard InChI is InChI=1S/C7H9.C6H7.2CH3.2ClH.H2Si.Zr/c1-6-3-4-7(2)5-6;1-6-4-2-3-5-6;;;;;;/h5H,3H2,1-2H3;2,4H,3H2,1H3;2*1H3;2*1H;1H2;/q4*-1;;;;. The summed E-state index contributed by atoms with van der Waals surface area (Å²) in [4.78, 5) is 0. The summed E-state index contributed by atoms with van der Waals surface area (Å²) in [7, 11) is 0. The van der Waals surface area contributed by atoms with Crippen molar-refractivity contribution in [2.45, 2.75) is 33.6 Å². The third-order valence-electron chi connectivity index (χ3n) is 1.98. The molecule has 4 heteroatoms. The third kappa shape index (κ3) is 18.6. The van der Waals surface area contributed by atoms with Gasteiger partial charge in [0.15, 0.2) is 0 Å². The molecule has 0 aromatic heterocycles. The van der Waals surface area contributed by atoms with Crippen molar-refractivity contribution in [1.82, 2.24) is 0 Å². The summed E-state index contributed by atoms with van der Waals surface area (Å²) in [6.07, 6.45) is 14.7. The quantitative estimate of drug-likeness (QED) is 0.414. The zero-order valence-electron chi connectivity index (χ0n) is 12.7. The SMILES string of the molecule is CC1=[C-]CC(C)=C1.CC1=[C-]CC=C1.Cl.Cl.[CH3-].[CH3-].[SiH2]=[Zr]. The van der Waals surface area contributed by atoms with Crippen LogP contribution in [0, 0.1) is 27.0 Å². The van der Waals surface area contributed by atoms with Gasteiger partial charge in [0.2, 0.25) is 0 Å². The third-order valence-corrected chi connectivity index (χ3v) is 1.98. The topological polar surface area (TPSA) is 0 Å². The van der Waals surface area contributed by atoms with E-state index in [1.54, 1.807) is 23.3 Å². The van der Waals surface area contributed by atoms with Gasteiger partial charge in [0, 0.05) is 0 Å². The first-order valence-corrected chi connectivity index (χ1v) is 10.9. The van der Waals surface area contributed by atoms with Gasteiger partial charge in [0.1, 0.15) is 0 Å². The summed E-state index contributed by atoms with van der Waals surface area (Å²) >= 11 is 1.58. The second kappa shape index (κ2) is 20.9. The van der Waals surface area contributed by atoms with Crippen molar-refractivity contribution in [2.75, 3.05) is 0 Å². The molecule has 0 nitrogen and oxygen atoms in total. The Labute approximate surface area is 149 Å². The van der Waals surface area contributed by atoms with Crippen molar-refractivity contribution in [3.05, 3.63) is 62.0 Å². The maximum atomic E-state index is 3.19. The van der Waals surface area contributed by atoms with Gasteiger partial charge in [-0.15, -0.1) is 37.7 Å². The van der Waals surface area contributed by atoms with E-state index in [0.717, 1.165) is 12.8 Å². The fraction of sp³-hybridized carbons (Fsp3) is 0.333. The van der Waals surface area contributed by atoms with E-state index in [1.165, 1.54) is 16.7 Å². The minimum atomic E-state index is 0. The second-order valence-corrected chi connectivity index (χ2v) is 3.49. The van der Waals surface area contributed by atoms with Crippen molar-refractivity contribution >= 4 is 31.7 Å². The number of hydrogen-bond acceptors (Lipinski definition) is 0. The van der Waals surface area contributed by atoms with Crippen molar-refractivity contribution < 1.29 is 23.3 Å². The van der Waals surface area contributed by atoms with E-state index in [4.69, 9.17) is 0 Å². The maximum absolute atomic E-state index is 3.19. The molecular formula is C15H26Cl2SiZr-4. The van der Waals surface area contributed by atoms with Crippen LogP contribution in [0.25, 0.3) is 0 Å². The number of hydrogen-bond donors (Lipinski definition) is 0. The Morgan fingerprint density at radius 2 is 1.53 bits per heavy atom. The summed E-state index contributed by atoms with van der Waals surface area (Å²) in [6, 6.07) is 0. The molecule has 19 heavy (non-hydrogen) atoms. The molecule has 0 aromatic rings. The Morgan fingerprint density at radius 1 is 1.00 bits per heavy atom. The average Bonchev–Trinajstić information content (AvgIpc) is 2.82. The van der Waals surface area contributed by atoms with Crippen LogP contribution >= 0.6 is 24.8 Å². The van der Waals surface area contributed by atoms with Crippen LogP contribution in [0.4, 0.5) is 0 Å². The van der Waals surface area contributed by atoms with E-state index in [0.29, 0.717) is 0 Å². The van der Waals surface area contributed by atoms with Crippen molar-refractivity contribution in [2.24, 2.45) is 0 Å². The Balaban J connectivity index is -0.0000000515. The second-order valence-electron chi connectivity index (χ2n) is 3.49. The molecule has 0 heterocycles. The van der Waals surface area contributed by atoms with Crippen LogP contribution in [0.5, 0.6) is 0 Å². The first-order chi connectivity index (χ1) is 7.18. The van der Waals surface area contributed by atoms with Gasteiger partial charge in [0.05, 0.1) is 0 Å². The summed E-state index contributed by atoms with van der Waals surface area (Å²) in [5.41, 5.74) is 3.99. The molecule has 0 aliphatic heterocycles. The van der Waals surface area contributed by atoms with Crippen molar-refractivity contribution in [3.8, 4) is 0 Å². The Kier molecular flexibility index (Phi) is 35.1. The molecule has 2 aliphatic rings. The molecule has 2 aliphatic carbocycles. The monoisotopic (exact) mass is 394 g/mol. The number of allylic oxidation sites excluding steroid dienone is 8. The zero-order valence-corrected chi connectivity index (χ0v) is 18.2. The van der Waals surface area contributed by atoms with Crippen LogP contribution in [0.2, 0.25) is 0 Å². The predicted octanol–water partition coefficient (Wildman–Crippen LogP) is 4.61. The van der Waals surface area contributed by atoms with E-state index in [1.807, 2.05) is 6.88 Å². The summed E-state index contributed by atoms with van der Waals surface area (Å²) < 4.78 is 0. The molecule has 0 saturated carbocycles. The molecule has 0 saturated heterocycles. The minimum absolute atomic E-state index is 0. The molecule has 0 radical (unpaired) electrons. The van der Waals surface area contributed by atoms with E-state index < -0.39 is 0 Å². The fourth-order valence-electron chi connectivity index (χ4n) is 1.27. The number of halogens is 2. The van der Waals surface area contributed by atoms with Gasteiger partial charge in [-0.2, -0.15) is 11.6 Å². The molecule has 112 valence electrons. The van der Waals surface area contributed by atoms with Gasteiger partial charge in [-0.25, -0.2) is 23.3 Å². The van der Waals surface area contributed by atoms with E-state index in [-0.39, 0.29) is 39.7 Å². The van der Waals surface area contributed by atoms with Crippen LogP contribution in [0.15, 0.2) is 34.9 Å². The molecule has 0 spiro atoms. The summed E-state index contributed by atoms with van der Waals surface area (Å²) in [6.45, 7) is 8.22. The normalized spacial score (nSPS) is 13.1. The Morgan fingerprint density at radius 3 is 1.63 bits per heavy atom. The molecule has 0 amide bonds. The fourth-order valence-corrected chi connectivity index (χ4v) is 1.27. The van der Waals surface area contributed by atoms with Crippen LogP contribution in [-0.4, -0.2) is 6.88 Å². The number of rotatable bonds is 0. The van der Waals surface area contributed by atoms with E-state index in [2.05, 4.69) is 51.2 Å². The summed E-state index contributed by atoms with van der Waals surface area (Å²) in [5, 5.41) is 0. The molecule has 0 aromatic carbocycles. The van der Waals surface area contributed by atoms with Crippen molar-refractivity contribution in [3.63, 3.8) is 0 Å². The van der Waals surface area contributed by atoms with Crippen LogP contribution in [0.1, 0.15) is 33.6 Å². The van der Waals surface area contributed by atoms with E-state index >= 15 is 0 Å². The van der Waals surface area contributed by atoms with Gasteiger partial charge >= 0.3 is 30.2 Å². The Bertz CT molecular complexity index is 315. The van der Waals surface area contributed by atoms with E-state index in [9.17, 15) is 0 Å². The molecule has 0 bridgehead atoms. The van der Waals surface area contributed by atoms with Gasteiger partial charge in [-0.3, -0.25) is 12.2 Å². The van der Waals surface area contributed by atoms with Crippen LogP contribution < -0.4 is 0 Å². The first-order valence-electron chi connectivity index (χ1n) is 5.02. The van der Waals surface area contributed by atoms with Crippen LogP contribution in [0.3, 0.4) is 0 Å². The molecule has 0 unspecified atom stereocenters. The van der Waals surface area contributed by atoms with Gasteiger partial charge in [-0.05, 0) is 0 Å².